The van der Waals surface area contributed by atoms with Crippen LogP contribution in [0.5, 0.6) is 5.75 Å². The predicted molar refractivity (Wildman–Crippen MR) is 124 cm³/mol. The van der Waals surface area contributed by atoms with Crippen LogP contribution in [0.25, 0.3) is 44.7 Å². The lowest BCUT2D eigenvalue weighted by Crippen LogP contribution is -2.16. The van der Waals surface area contributed by atoms with E-state index >= 15 is 0 Å². The van der Waals surface area contributed by atoms with Gasteiger partial charge in [0.05, 0.1) is 11.0 Å². The molecule has 0 aliphatic carbocycles. The molecule has 0 unspecified atom stereocenters. The third-order valence-corrected chi connectivity index (χ3v) is 5.44. The zero-order chi connectivity index (χ0) is 23.0. The maximum Gasteiger partial charge on any atom is 0.573 e. The van der Waals surface area contributed by atoms with Crippen molar-refractivity contribution in [2.75, 3.05) is 0 Å². The van der Waals surface area contributed by atoms with Crippen molar-refractivity contribution in [1.29, 1.82) is 0 Å². The van der Waals surface area contributed by atoms with E-state index in [4.69, 9.17) is 0 Å². The van der Waals surface area contributed by atoms with Crippen LogP contribution in [0.2, 0.25) is 0 Å². The lowest BCUT2D eigenvalue weighted by atomic mass is 9.99. The number of imidazole rings is 1. The van der Waals surface area contributed by atoms with E-state index in [2.05, 4.69) is 27.7 Å². The highest BCUT2D eigenvalue weighted by Gasteiger charge is 2.30. The molecule has 4 aromatic carbocycles. The highest BCUT2D eigenvalue weighted by Crippen LogP contribution is 2.29. The molecule has 0 fully saturated rings. The van der Waals surface area contributed by atoms with Gasteiger partial charge in [-0.05, 0) is 59.0 Å². The van der Waals surface area contributed by atoms with E-state index in [1.807, 2.05) is 60.7 Å². The summed E-state index contributed by atoms with van der Waals surface area (Å²) < 4.78 is 40.9. The Morgan fingerprint density at radius 2 is 1.15 bits per heavy atom. The monoisotopic (exact) mass is 444 g/mol. The Hall–Kier alpha value is -4.06. The van der Waals surface area contributed by atoms with Gasteiger partial charge in [0.2, 0.25) is 0 Å². The van der Waals surface area contributed by atoms with Crippen molar-refractivity contribution < 1.29 is 17.9 Å². The predicted octanol–water partition coefficient (Wildman–Crippen LogP) is 7.77. The highest BCUT2D eigenvalue weighted by atomic mass is 19.4. The second-order valence-corrected chi connectivity index (χ2v) is 7.83. The minimum absolute atomic E-state index is 0.234. The second-order valence-electron chi connectivity index (χ2n) is 7.83. The summed E-state index contributed by atoms with van der Waals surface area (Å²) in [5.74, 6) is 0.595. The Bertz CT molecular complexity index is 1400. The van der Waals surface area contributed by atoms with Crippen molar-refractivity contribution in [1.82, 2.24) is 9.97 Å². The first-order valence-electron chi connectivity index (χ1n) is 10.4. The molecule has 6 heteroatoms. The quantitative estimate of drug-likeness (QED) is 0.307. The van der Waals surface area contributed by atoms with Crippen LogP contribution in [-0.2, 0) is 0 Å². The number of rotatable bonds is 4. The molecule has 33 heavy (non-hydrogen) atoms. The number of fused-ring (bicyclic) bond motifs is 1. The minimum Gasteiger partial charge on any atom is -0.406 e. The van der Waals surface area contributed by atoms with Crippen molar-refractivity contribution in [2.45, 2.75) is 13.3 Å². The van der Waals surface area contributed by atoms with Crippen LogP contribution in [0.3, 0.4) is 0 Å². The van der Waals surface area contributed by atoms with E-state index < -0.39 is 6.36 Å². The van der Waals surface area contributed by atoms with E-state index in [1.54, 1.807) is 12.1 Å². The molecule has 3 nitrogen and oxygen atoms in total. The maximum atomic E-state index is 12.3. The average Bonchev–Trinajstić information content (AvgIpc) is 3.22. The van der Waals surface area contributed by atoms with E-state index in [9.17, 15) is 13.2 Å². The molecule has 5 rings (SSSR count). The number of hydrogen-bond acceptors (Lipinski definition) is 2. The first kappa shape index (κ1) is 20.8. The molecule has 0 atom stereocenters. The topological polar surface area (TPSA) is 37.9 Å². The second kappa shape index (κ2) is 8.13. The van der Waals surface area contributed by atoms with Crippen LogP contribution in [0.4, 0.5) is 13.2 Å². The van der Waals surface area contributed by atoms with Crippen molar-refractivity contribution >= 4 is 11.0 Å². The van der Waals surface area contributed by atoms with Gasteiger partial charge in [-0.25, -0.2) is 4.98 Å². The number of H-pyrrole nitrogens is 1. The number of halogens is 3. The first-order chi connectivity index (χ1) is 15.8. The normalized spacial score (nSPS) is 11.6. The number of benzene rings is 4. The van der Waals surface area contributed by atoms with Gasteiger partial charge in [-0.3, -0.25) is 0 Å². The largest absolute Gasteiger partial charge is 0.573 e. The molecule has 0 radical (unpaired) electrons. The van der Waals surface area contributed by atoms with Crippen LogP contribution >= 0.6 is 0 Å². The van der Waals surface area contributed by atoms with Crippen molar-refractivity contribution in [2.24, 2.45) is 0 Å². The summed E-state index contributed by atoms with van der Waals surface area (Å²) in [6.07, 6.45) is -4.69. The van der Waals surface area contributed by atoms with Crippen LogP contribution < -0.4 is 4.74 Å². The summed E-state index contributed by atoms with van der Waals surface area (Å²) >= 11 is 0. The Labute approximate surface area is 188 Å². The molecule has 0 saturated heterocycles. The van der Waals surface area contributed by atoms with Gasteiger partial charge in [0.15, 0.2) is 0 Å². The lowest BCUT2D eigenvalue weighted by Gasteiger charge is -2.10. The van der Waals surface area contributed by atoms with Crippen molar-refractivity contribution in [3.05, 3.63) is 96.6 Å². The molecular weight excluding hydrogens is 425 g/mol. The Kier molecular flexibility index (Phi) is 5.13. The Morgan fingerprint density at radius 3 is 1.67 bits per heavy atom. The third kappa shape index (κ3) is 4.60. The lowest BCUT2D eigenvalue weighted by molar-refractivity contribution is -0.274. The molecule has 0 saturated carbocycles. The highest BCUT2D eigenvalue weighted by molar-refractivity contribution is 5.80. The van der Waals surface area contributed by atoms with Gasteiger partial charge in [-0.15, -0.1) is 13.2 Å². The van der Waals surface area contributed by atoms with Gasteiger partial charge >= 0.3 is 6.36 Å². The first-order valence-corrected chi connectivity index (χ1v) is 10.4. The number of hydrogen-bond donors (Lipinski definition) is 1. The summed E-state index contributed by atoms with van der Waals surface area (Å²) in [5, 5.41) is 0. The van der Waals surface area contributed by atoms with Crippen LogP contribution in [-0.4, -0.2) is 16.3 Å². The molecule has 1 aromatic heterocycles. The van der Waals surface area contributed by atoms with Crippen LogP contribution in [0.15, 0.2) is 91.0 Å². The number of aryl methyl sites for hydroxylation is 1. The summed E-state index contributed by atoms with van der Waals surface area (Å²) in [6, 6.07) is 28.0. The van der Waals surface area contributed by atoms with Crippen molar-refractivity contribution in [3.8, 4) is 39.4 Å². The van der Waals surface area contributed by atoms with Gasteiger partial charge in [-0.1, -0.05) is 66.7 Å². The Balaban J connectivity index is 1.33. The summed E-state index contributed by atoms with van der Waals surface area (Å²) in [5.41, 5.74) is 7.97. The van der Waals surface area contributed by atoms with Gasteiger partial charge in [0.25, 0.3) is 0 Å². The molecular formula is C27H19F3N2O. The number of aromatic amines is 1. The third-order valence-electron chi connectivity index (χ3n) is 5.44. The fourth-order valence-corrected chi connectivity index (χ4v) is 3.78. The number of aromatic nitrogens is 2. The van der Waals surface area contributed by atoms with Crippen LogP contribution in [0, 0.1) is 6.92 Å². The fraction of sp³-hybridized carbons (Fsp3) is 0.0741. The molecule has 1 heterocycles. The summed E-state index contributed by atoms with van der Waals surface area (Å²) in [4.78, 5) is 8.04. The van der Waals surface area contributed by atoms with Crippen molar-refractivity contribution in [3.63, 3.8) is 0 Å². The summed E-state index contributed by atoms with van der Waals surface area (Å²) in [7, 11) is 0. The fourth-order valence-electron chi connectivity index (χ4n) is 3.78. The van der Waals surface area contributed by atoms with E-state index in [1.165, 1.54) is 17.7 Å². The molecule has 0 bridgehead atoms. The van der Waals surface area contributed by atoms with Gasteiger partial charge in [-0.2, -0.15) is 0 Å². The zero-order valence-corrected chi connectivity index (χ0v) is 17.6. The maximum absolute atomic E-state index is 12.3. The molecule has 5 aromatic rings. The molecule has 164 valence electrons. The van der Waals surface area contributed by atoms with Gasteiger partial charge in [0.1, 0.15) is 11.6 Å². The summed E-state index contributed by atoms with van der Waals surface area (Å²) in [6.45, 7) is 2.05. The number of nitrogens with one attached hydrogen (secondary N) is 1. The standard InChI is InChI=1S/C27H19F3N2O/c1-17-2-15-24-25(16-17)32-26(31-24)22-9-7-20(8-10-22)18-3-5-19(6-4-18)21-11-13-23(14-12-21)33-27(28,29)30/h2-16H,1H3,(H,31,32). The minimum atomic E-state index is -4.69. The van der Waals surface area contributed by atoms with Crippen LogP contribution in [0.1, 0.15) is 5.56 Å². The van der Waals surface area contributed by atoms with Gasteiger partial charge in [0, 0.05) is 5.56 Å². The molecule has 0 aliphatic rings. The average molecular weight is 444 g/mol. The van der Waals surface area contributed by atoms with E-state index in [0.717, 1.165) is 44.7 Å². The molecule has 0 amide bonds. The zero-order valence-electron chi connectivity index (χ0n) is 17.6. The number of ether oxygens (including phenoxy) is 1. The molecule has 0 spiro atoms. The van der Waals surface area contributed by atoms with Gasteiger partial charge < -0.3 is 9.72 Å². The van der Waals surface area contributed by atoms with E-state index in [-0.39, 0.29) is 5.75 Å². The Morgan fingerprint density at radius 1 is 0.667 bits per heavy atom. The smallest absolute Gasteiger partial charge is 0.406 e. The SMILES string of the molecule is Cc1ccc2nc(-c3ccc(-c4ccc(-c5ccc(OC(F)(F)F)cc5)cc4)cc3)[nH]c2c1. The number of nitrogens with zero attached hydrogens (tertiary/aromatic N) is 1. The number of alkyl halides is 3. The molecule has 0 aliphatic heterocycles. The van der Waals surface area contributed by atoms with E-state index in [0.29, 0.717) is 0 Å². The molecule has 1 N–H and O–H groups in total.